The van der Waals surface area contributed by atoms with Crippen LogP contribution >= 0.6 is 11.8 Å². The molecule has 1 N–H and O–H groups in total. The van der Waals surface area contributed by atoms with Gasteiger partial charge in [-0.15, -0.1) is 0 Å². The summed E-state index contributed by atoms with van der Waals surface area (Å²) in [5.74, 6) is 0. The van der Waals surface area contributed by atoms with Crippen LogP contribution in [-0.4, -0.2) is 33.9 Å². The van der Waals surface area contributed by atoms with Gasteiger partial charge in [0, 0.05) is 11.4 Å². The van der Waals surface area contributed by atoms with Gasteiger partial charge in [-0.2, -0.15) is 0 Å². The summed E-state index contributed by atoms with van der Waals surface area (Å²) in [6.07, 6.45) is 0. The quantitative estimate of drug-likeness (QED) is 0.919. The van der Waals surface area contributed by atoms with Gasteiger partial charge in [-0.25, -0.2) is 0 Å². The van der Waals surface area contributed by atoms with Gasteiger partial charge in [0.1, 0.15) is 0 Å². The minimum absolute atomic E-state index is 0.832. The van der Waals surface area contributed by atoms with Gasteiger partial charge in [0.05, 0.1) is 17.8 Å². The Morgan fingerprint density at radius 2 is 1.91 bits per heavy atom. The number of fused-ring (bicyclic) bond motifs is 2. The molecule has 0 saturated carbocycles. The summed E-state index contributed by atoms with van der Waals surface area (Å²) < 4.78 is 0. The topological polar surface area (TPSA) is 35.8 Å². The van der Waals surface area contributed by atoms with Crippen LogP contribution in [0, 0.1) is 0 Å². The molecule has 0 spiro atoms. The van der Waals surface area contributed by atoms with E-state index in [-0.39, 0.29) is 0 Å². The number of aliphatic hydroxyl groups is 1. The van der Waals surface area contributed by atoms with Crippen molar-refractivity contribution in [3.8, 4) is 0 Å². The van der Waals surface area contributed by atoms with Crippen molar-refractivity contribution in [3.05, 3.63) is 52.9 Å². The lowest BCUT2D eigenvalue weighted by molar-refractivity contribution is 0.129. The fraction of sp³-hybridized carbons (Fsp3) is 0.278. The number of rotatable bonds is 2. The zero-order chi connectivity index (χ0) is 15.3. The molecule has 4 heteroatoms. The average molecular weight is 310 g/mol. The Balaban J connectivity index is 1.91. The Morgan fingerprint density at radius 1 is 1.14 bits per heavy atom. The van der Waals surface area contributed by atoms with Gasteiger partial charge in [0.2, 0.25) is 0 Å². The van der Waals surface area contributed by atoms with Crippen molar-refractivity contribution in [3.63, 3.8) is 0 Å². The first kappa shape index (κ1) is 13.9. The van der Waals surface area contributed by atoms with Crippen molar-refractivity contribution in [2.24, 2.45) is 4.99 Å². The van der Waals surface area contributed by atoms with E-state index >= 15 is 0 Å². The molecule has 2 heterocycles. The number of amidine groups is 1. The van der Waals surface area contributed by atoms with E-state index < -0.39 is 5.60 Å². The van der Waals surface area contributed by atoms with E-state index in [1.54, 1.807) is 11.8 Å². The van der Waals surface area contributed by atoms with Crippen LogP contribution in [0.3, 0.4) is 0 Å². The fourth-order valence-electron chi connectivity index (χ4n) is 3.02. The third kappa shape index (κ3) is 2.14. The second-order valence-electron chi connectivity index (χ2n) is 6.22. The van der Waals surface area contributed by atoms with Crippen molar-refractivity contribution in [2.75, 3.05) is 13.1 Å². The molecule has 2 aliphatic heterocycles. The number of hydrogen-bond donors (Lipinski definition) is 1. The highest BCUT2D eigenvalue weighted by atomic mass is 32.2. The monoisotopic (exact) mass is 310 g/mol. The normalized spacial score (nSPS) is 18.1. The smallest absolute Gasteiger partial charge is 0.168 e. The third-order valence-electron chi connectivity index (χ3n) is 4.06. The minimum Gasteiger partial charge on any atom is -0.385 e. The zero-order valence-corrected chi connectivity index (χ0v) is 13.5. The molecule has 2 aromatic rings. The molecule has 3 nitrogen and oxygen atoms in total. The summed E-state index contributed by atoms with van der Waals surface area (Å²) in [5, 5.41) is 14.0. The molecular weight excluding hydrogens is 292 g/mol. The van der Waals surface area contributed by atoms with Crippen LogP contribution in [0.5, 0.6) is 0 Å². The lowest BCUT2D eigenvalue weighted by Crippen LogP contribution is -2.23. The predicted molar refractivity (Wildman–Crippen MR) is 93.8 cm³/mol. The number of nitrogens with zero attached hydrogens (tertiary/aromatic N) is 2. The molecule has 0 radical (unpaired) electrons. The van der Waals surface area contributed by atoms with Gasteiger partial charge in [-0.05, 0) is 36.2 Å². The lowest BCUT2D eigenvalue weighted by Gasteiger charge is -2.22. The first-order valence-corrected chi connectivity index (χ1v) is 8.32. The van der Waals surface area contributed by atoms with Crippen LogP contribution in [0.1, 0.15) is 19.4 Å². The summed E-state index contributed by atoms with van der Waals surface area (Å²) in [6, 6.07) is 14.9. The van der Waals surface area contributed by atoms with E-state index in [2.05, 4.69) is 52.4 Å². The van der Waals surface area contributed by atoms with Crippen molar-refractivity contribution < 1.29 is 5.11 Å². The van der Waals surface area contributed by atoms with Crippen LogP contribution in [-0.2, 0) is 0 Å². The molecule has 0 aliphatic carbocycles. The van der Waals surface area contributed by atoms with E-state index in [9.17, 15) is 5.11 Å². The van der Waals surface area contributed by atoms with Gasteiger partial charge in [-0.1, -0.05) is 48.2 Å². The molecule has 0 amide bonds. The van der Waals surface area contributed by atoms with Crippen LogP contribution in [0.25, 0.3) is 16.5 Å². The Kier molecular flexibility index (Phi) is 3.06. The van der Waals surface area contributed by atoms with Crippen LogP contribution in [0.4, 0.5) is 0 Å². The van der Waals surface area contributed by atoms with Crippen molar-refractivity contribution in [2.45, 2.75) is 19.4 Å². The van der Waals surface area contributed by atoms with Gasteiger partial charge >= 0.3 is 0 Å². The lowest BCUT2D eigenvalue weighted by atomic mass is 10.00. The molecule has 0 atom stereocenters. The largest absolute Gasteiger partial charge is 0.385 e. The van der Waals surface area contributed by atoms with E-state index in [4.69, 9.17) is 0 Å². The molecule has 0 unspecified atom stereocenters. The number of aliphatic imine (C=N–C) groups is 1. The Bertz CT molecular complexity index is 817. The van der Waals surface area contributed by atoms with Gasteiger partial charge < -0.3 is 10.0 Å². The fourth-order valence-corrected chi connectivity index (χ4v) is 4.23. The molecule has 2 aromatic carbocycles. The summed E-state index contributed by atoms with van der Waals surface area (Å²) in [7, 11) is 0. The SMILES string of the molecule is CC(C)(O)C1=C(c2ccc3ccccc3c2)N2CCN=C2S1. The van der Waals surface area contributed by atoms with E-state index in [1.165, 1.54) is 10.8 Å². The Hall–Kier alpha value is -1.78. The van der Waals surface area contributed by atoms with E-state index in [1.807, 2.05) is 13.8 Å². The second kappa shape index (κ2) is 4.86. The highest BCUT2D eigenvalue weighted by Crippen LogP contribution is 2.46. The molecule has 0 fully saturated rings. The predicted octanol–water partition coefficient (Wildman–Crippen LogP) is 3.70. The maximum Gasteiger partial charge on any atom is 0.168 e. The van der Waals surface area contributed by atoms with E-state index in [0.717, 1.165) is 34.4 Å². The molecule has 22 heavy (non-hydrogen) atoms. The molecule has 2 aliphatic rings. The molecule has 112 valence electrons. The molecular formula is C18H18N2OS. The minimum atomic E-state index is -0.863. The van der Waals surface area contributed by atoms with Gasteiger partial charge in [0.15, 0.2) is 5.17 Å². The standard InChI is InChI=1S/C18H18N2OS/c1-18(2,21)16-15(20-10-9-19-17(20)22-16)14-8-7-12-5-3-4-6-13(12)11-14/h3-8,11,21H,9-10H2,1-2H3. The third-order valence-corrected chi connectivity index (χ3v) is 5.49. The van der Waals surface area contributed by atoms with Gasteiger partial charge in [0.25, 0.3) is 0 Å². The second-order valence-corrected chi connectivity index (χ2v) is 7.19. The molecule has 0 saturated heterocycles. The van der Waals surface area contributed by atoms with E-state index in [0.29, 0.717) is 0 Å². The Labute approximate surface area is 134 Å². The highest BCUT2D eigenvalue weighted by Gasteiger charge is 2.38. The number of hydrogen-bond acceptors (Lipinski definition) is 4. The van der Waals surface area contributed by atoms with Gasteiger partial charge in [-0.3, -0.25) is 4.99 Å². The molecule has 0 aromatic heterocycles. The maximum absolute atomic E-state index is 10.6. The molecule has 4 rings (SSSR count). The first-order chi connectivity index (χ1) is 10.5. The number of benzene rings is 2. The highest BCUT2D eigenvalue weighted by molar-refractivity contribution is 8.17. The van der Waals surface area contributed by atoms with Crippen molar-refractivity contribution in [1.29, 1.82) is 0 Å². The number of thioether (sulfide) groups is 1. The first-order valence-electron chi connectivity index (χ1n) is 7.50. The maximum atomic E-state index is 10.6. The van der Waals surface area contributed by atoms with Crippen LogP contribution in [0.2, 0.25) is 0 Å². The summed E-state index contributed by atoms with van der Waals surface area (Å²) >= 11 is 1.60. The zero-order valence-electron chi connectivity index (χ0n) is 12.7. The Morgan fingerprint density at radius 3 is 2.68 bits per heavy atom. The van der Waals surface area contributed by atoms with Crippen molar-refractivity contribution in [1.82, 2.24) is 4.90 Å². The summed E-state index contributed by atoms with van der Waals surface area (Å²) in [6.45, 7) is 5.42. The molecule has 0 bridgehead atoms. The average Bonchev–Trinajstić information content (AvgIpc) is 3.06. The summed E-state index contributed by atoms with van der Waals surface area (Å²) in [4.78, 5) is 7.78. The van der Waals surface area contributed by atoms with Crippen LogP contribution in [0.15, 0.2) is 52.4 Å². The van der Waals surface area contributed by atoms with Crippen molar-refractivity contribution >= 4 is 33.4 Å². The van der Waals surface area contributed by atoms with Crippen LogP contribution < -0.4 is 0 Å². The summed E-state index contributed by atoms with van der Waals surface area (Å²) in [5.41, 5.74) is 1.40.